The lowest BCUT2D eigenvalue weighted by Gasteiger charge is -2.20. The number of anilines is 1. The van der Waals surface area contributed by atoms with Crippen molar-refractivity contribution in [1.29, 1.82) is 0 Å². The van der Waals surface area contributed by atoms with E-state index >= 15 is 0 Å². The highest BCUT2D eigenvalue weighted by molar-refractivity contribution is 6.18. The third-order valence-electron chi connectivity index (χ3n) is 4.29. The molecule has 2 aromatic rings. The number of nitrogens with zero attached hydrogens (tertiary/aromatic N) is 2. The summed E-state index contributed by atoms with van der Waals surface area (Å²) in [5, 5.41) is 12.3. The van der Waals surface area contributed by atoms with Crippen molar-refractivity contribution in [2.75, 3.05) is 43.3 Å². The minimum atomic E-state index is -1.33. The van der Waals surface area contributed by atoms with E-state index in [1.807, 2.05) is 6.92 Å². The number of aromatic nitrogens is 1. The molecule has 0 aliphatic carbocycles. The van der Waals surface area contributed by atoms with Gasteiger partial charge in [-0.1, -0.05) is 0 Å². The average molecular weight is 418 g/mol. The second kappa shape index (κ2) is 9.92. The molecule has 6 nitrogen and oxygen atoms in total. The Bertz CT molecular complexity index is 867. The van der Waals surface area contributed by atoms with Crippen molar-refractivity contribution >= 4 is 45.8 Å². The molecule has 0 atom stereocenters. The van der Waals surface area contributed by atoms with E-state index in [1.165, 1.54) is 12.3 Å². The highest BCUT2D eigenvalue weighted by Gasteiger charge is 2.16. The van der Waals surface area contributed by atoms with Gasteiger partial charge in [0.1, 0.15) is 11.4 Å². The van der Waals surface area contributed by atoms with Gasteiger partial charge in [0.25, 0.3) is 0 Å². The molecule has 9 heteroatoms. The average Bonchev–Trinajstić information content (AvgIpc) is 2.63. The van der Waals surface area contributed by atoms with Gasteiger partial charge in [-0.15, -0.1) is 23.2 Å². The minimum absolute atomic E-state index is 0.0470. The second-order valence-corrected chi connectivity index (χ2v) is 6.71. The van der Waals surface area contributed by atoms with Gasteiger partial charge in [-0.05, 0) is 19.1 Å². The first-order valence-corrected chi connectivity index (χ1v) is 9.68. The molecule has 0 aliphatic heterocycles. The molecule has 0 spiro atoms. The van der Waals surface area contributed by atoms with Crippen LogP contribution in [0.25, 0.3) is 10.9 Å². The third kappa shape index (κ3) is 5.12. The number of fused-ring (bicyclic) bond motifs is 1. The SMILES string of the molecule is CCn1cc(C(=O)O)c(=O)c2cc(F)c(NCCN(CCCl)CCCl)cc21. The number of aromatic carboxylic acids is 1. The molecule has 2 rings (SSSR count). The summed E-state index contributed by atoms with van der Waals surface area (Å²) in [6.45, 7) is 4.74. The van der Waals surface area contributed by atoms with Crippen LogP contribution in [0, 0.1) is 5.82 Å². The van der Waals surface area contributed by atoms with Crippen molar-refractivity contribution in [3.63, 3.8) is 0 Å². The van der Waals surface area contributed by atoms with Crippen molar-refractivity contribution in [2.24, 2.45) is 0 Å². The molecule has 0 radical (unpaired) electrons. The number of halogens is 3. The maximum atomic E-state index is 14.5. The number of carboxylic acid groups (broad SMARTS) is 1. The monoisotopic (exact) mass is 417 g/mol. The normalized spacial score (nSPS) is 11.3. The maximum absolute atomic E-state index is 14.5. The van der Waals surface area contributed by atoms with Crippen LogP contribution in [0.5, 0.6) is 0 Å². The van der Waals surface area contributed by atoms with Gasteiger partial charge in [0.2, 0.25) is 5.43 Å². The molecule has 0 saturated carbocycles. The summed E-state index contributed by atoms with van der Waals surface area (Å²) in [6.07, 6.45) is 1.29. The molecular formula is C18H22Cl2FN3O3. The number of carboxylic acids is 1. The van der Waals surface area contributed by atoms with Crippen LogP contribution >= 0.6 is 23.2 Å². The number of aryl methyl sites for hydroxylation is 1. The molecule has 0 bridgehead atoms. The van der Waals surface area contributed by atoms with Crippen LogP contribution in [0.1, 0.15) is 17.3 Å². The summed E-state index contributed by atoms with van der Waals surface area (Å²) in [5.74, 6) is -0.970. The fraction of sp³-hybridized carbons (Fsp3) is 0.444. The Morgan fingerprint density at radius 2 is 1.93 bits per heavy atom. The summed E-state index contributed by atoms with van der Waals surface area (Å²) in [5.41, 5.74) is -0.330. The Morgan fingerprint density at radius 1 is 1.26 bits per heavy atom. The molecule has 0 unspecified atom stereocenters. The van der Waals surface area contributed by atoms with Gasteiger partial charge in [-0.2, -0.15) is 0 Å². The Labute approximate surface area is 166 Å². The molecule has 1 aromatic heterocycles. The van der Waals surface area contributed by atoms with E-state index in [4.69, 9.17) is 23.2 Å². The largest absolute Gasteiger partial charge is 0.477 e. The lowest BCUT2D eigenvalue weighted by Crippen LogP contribution is -2.32. The summed E-state index contributed by atoms with van der Waals surface area (Å²) < 4.78 is 16.1. The van der Waals surface area contributed by atoms with Gasteiger partial charge < -0.3 is 15.0 Å². The predicted molar refractivity (Wildman–Crippen MR) is 107 cm³/mol. The third-order valence-corrected chi connectivity index (χ3v) is 4.62. The molecular weight excluding hydrogens is 396 g/mol. The number of pyridine rings is 1. The highest BCUT2D eigenvalue weighted by Crippen LogP contribution is 2.22. The van der Waals surface area contributed by atoms with Crippen molar-refractivity contribution in [3.05, 3.63) is 39.9 Å². The van der Waals surface area contributed by atoms with Crippen LogP contribution in [-0.4, -0.2) is 58.5 Å². The number of alkyl halides is 2. The number of benzene rings is 1. The zero-order chi connectivity index (χ0) is 20.0. The van der Waals surface area contributed by atoms with Gasteiger partial charge >= 0.3 is 5.97 Å². The van der Waals surface area contributed by atoms with E-state index < -0.39 is 17.2 Å². The Kier molecular flexibility index (Phi) is 7.89. The van der Waals surface area contributed by atoms with Crippen LogP contribution < -0.4 is 10.7 Å². The summed E-state index contributed by atoms with van der Waals surface area (Å²) in [4.78, 5) is 25.7. The van der Waals surface area contributed by atoms with Gasteiger partial charge in [-0.3, -0.25) is 9.69 Å². The van der Waals surface area contributed by atoms with Crippen molar-refractivity contribution in [1.82, 2.24) is 9.47 Å². The standard InChI is InChI=1S/C18H22Cl2FN3O3/c1-2-24-11-13(18(26)27)17(25)12-9-14(21)15(10-16(12)24)22-5-8-23(6-3-19)7-4-20/h9-11,22H,2-8H2,1H3,(H,26,27). The summed E-state index contributed by atoms with van der Waals surface area (Å²) in [7, 11) is 0. The minimum Gasteiger partial charge on any atom is -0.477 e. The van der Waals surface area contributed by atoms with Crippen LogP contribution in [0.3, 0.4) is 0 Å². The van der Waals surface area contributed by atoms with Crippen molar-refractivity contribution < 1.29 is 14.3 Å². The van der Waals surface area contributed by atoms with Gasteiger partial charge in [-0.25, -0.2) is 9.18 Å². The Balaban J connectivity index is 2.31. The number of nitrogens with one attached hydrogen (secondary N) is 1. The molecule has 0 fully saturated rings. The van der Waals surface area contributed by atoms with E-state index in [-0.39, 0.29) is 16.6 Å². The number of hydrogen-bond acceptors (Lipinski definition) is 4. The topological polar surface area (TPSA) is 74.6 Å². The van der Waals surface area contributed by atoms with Crippen molar-refractivity contribution in [2.45, 2.75) is 13.5 Å². The molecule has 27 heavy (non-hydrogen) atoms. The van der Waals surface area contributed by atoms with E-state index in [0.717, 1.165) is 6.07 Å². The number of hydrogen-bond donors (Lipinski definition) is 2. The zero-order valence-electron chi connectivity index (χ0n) is 15.0. The fourth-order valence-electron chi connectivity index (χ4n) is 2.88. The quantitative estimate of drug-likeness (QED) is 0.581. The fourth-order valence-corrected chi connectivity index (χ4v) is 3.36. The summed E-state index contributed by atoms with van der Waals surface area (Å²) >= 11 is 11.5. The van der Waals surface area contributed by atoms with Gasteiger partial charge in [0, 0.05) is 56.1 Å². The van der Waals surface area contributed by atoms with Crippen molar-refractivity contribution in [3.8, 4) is 0 Å². The van der Waals surface area contributed by atoms with E-state index in [2.05, 4.69) is 10.2 Å². The lowest BCUT2D eigenvalue weighted by atomic mass is 10.1. The molecule has 148 valence electrons. The first-order valence-electron chi connectivity index (χ1n) is 8.61. The molecule has 1 aromatic carbocycles. The lowest BCUT2D eigenvalue weighted by molar-refractivity contribution is 0.0695. The Hall–Kier alpha value is -1.83. The highest BCUT2D eigenvalue weighted by atomic mass is 35.5. The molecule has 2 N–H and O–H groups in total. The number of rotatable bonds is 10. The summed E-state index contributed by atoms with van der Waals surface area (Å²) in [6, 6.07) is 2.63. The van der Waals surface area contributed by atoms with Gasteiger partial charge in [0.15, 0.2) is 0 Å². The van der Waals surface area contributed by atoms with Crippen LogP contribution in [-0.2, 0) is 6.54 Å². The Morgan fingerprint density at radius 3 is 2.48 bits per heavy atom. The number of carbonyl (C=O) groups is 1. The van der Waals surface area contributed by atoms with Crippen LogP contribution in [0.4, 0.5) is 10.1 Å². The van der Waals surface area contributed by atoms with Crippen LogP contribution in [0.2, 0.25) is 0 Å². The first-order chi connectivity index (χ1) is 12.9. The molecule has 0 saturated heterocycles. The smallest absolute Gasteiger partial charge is 0.341 e. The first kappa shape index (κ1) is 21.5. The van der Waals surface area contributed by atoms with E-state index in [9.17, 15) is 19.1 Å². The molecule has 0 amide bonds. The van der Waals surface area contributed by atoms with E-state index in [1.54, 1.807) is 4.57 Å². The zero-order valence-corrected chi connectivity index (χ0v) is 16.5. The maximum Gasteiger partial charge on any atom is 0.341 e. The molecule has 0 aliphatic rings. The molecule has 1 heterocycles. The van der Waals surface area contributed by atoms with E-state index in [0.29, 0.717) is 50.0 Å². The second-order valence-electron chi connectivity index (χ2n) is 5.96. The predicted octanol–water partition coefficient (Wildman–Crippen LogP) is 3.05. The van der Waals surface area contributed by atoms with Crippen LogP contribution in [0.15, 0.2) is 23.1 Å². The van der Waals surface area contributed by atoms with Gasteiger partial charge in [0.05, 0.1) is 11.2 Å².